The molecule has 74 heavy (non-hydrogen) atoms. The van der Waals surface area contributed by atoms with Crippen molar-refractivity contribution in [2.45, 2.75) is 175 Å². The fraction of sp³-hybridized carbons (Fsp3) is 0.391. The van der Waals surface area contributed by atoms with Gasteiger partial charge in [-0.25, -0.2) is 4.98 Å². The Bertz CT molecular complexity index is 3490. The summed E-state index contributed by atoms with van der Waals surface area (Å²) in [6.45, 7) is 39.5. The van der Waals surface area contributed by atoms with Gasteiger partial charge in [-0.05, 0) is 132 Å². The number of benzene rings is 6. The number of aromatic hydroxyl groups is 1. The maximum absolute atomic E-state index is 12.9. The van der Waals surface area contributed by atoms with Gasteiger partial charge in [0.1, 0.15) is 11.6 Å². The number of phenolic OH excluding ortho intramolecular Hbond substituents is 1. The molecule has 2 aromatic heterocycles. The van der Waals surface area contributed by atoms with E-state index in [-0.39, 0.29) is 64.7 Å². The molecule has 386 valence electrons. The van der Waals surface area contributed by atoms with E-state index in [0.29, 0.717) is 0 Å². The average Bonchev–Trinajstić information content (AvgIpc) is 3.79. The van der Waals surface area contributed by atoms with Crippen LogP contribution in [0.1, 0.15) is 176 Å². The van der Waals surface area contributed by atoms with Crippen LogP contribution in [0.15, 0.2) is 121 Å². The van der Waals surface area contributed by atoms with Crippen molar-refractivity contribution in [2.75, 3.05) is 0 Å². The third kappa shape index (κ3) is 9.35. The van der Waals surface area contributed by atoms with Crippen LogP contribution in [0.4, 0.5) is 0 Å². The van der Waals surface area contributed by atoms with Gasteiger partial charge in [-0.15, -0.1) is 29.3 Å². The van der Waals surface area contributed by atoms with Crippen molar-refractivity contribution in [3.63, 3.8) is 0 Å². The number of hydrogen-bond donors (Lipinski definition) is 1. The first-order chi connectivity index (χ1) is 33.9. The summed E-state index contributed by atoms with van der Waals surface area (Å²) in [6, 6.07) is 46.7. The third-order valence-electron chi connectivity index (χ3n) is 16.8. The minimum absolute atomic E-state index is 0. The molecule has 0 unspecified atom stereocenters. The zero-order valence-electron chi connectivity index (χ0n) is 47.3. The molecular formula is C69H78N3OPt-. The molecule has 0 amide bonds. The second-order valence-corrected chi connectivity index (χ2v) is 27.5. The molecule has 4 nitrogen and oxygen atoms in total. The van der Waals surface area contributed by atoms with Crippen molar-refractivity contribution < 1.29 is 26.2 Å². The van der Waals surface area contributed by atoms with E-state index in [9.17, 15) is 5.11 Å². The molecule has 5 heteroatoms. The molecule has 0 saturated carbocycles. The minimum atomic E-state index is -0.343. The van der Waals surface area contributed by atoms with Gasteiger partial charge in [0.2, 0.25) is 0 Å². The first kappa shape index (κ1) is 53.3. The Balaban J connectivity index is 0.00000672. The van der Waals surface area contributed by atoms with Crippen LogP contribution in [0.2, 0.25) is 0 Å². The van der Waals surface area contributed by atoms with Crippen molar-refractivity contribution in [2.24, 2.45) is 0 Å². The van der Waals surface area contributed by atoms with Gasteiger partial charge >= 0.3 is 0 Å². The summed E-state index contributed by atoms with van der Waals surface area (Å²) in [7, 11) is 0. The quantitative estimate of drug-likeness (QED) is 0.169. The van der Waals surface area contributed by atoms with Gasteiger partial charge in [0.25, 0.3) is 0 Å². The van der Waals surface area contributed by atoms with Gasteiger partial charge in [0, 0.05) is 44.1 Å². The van der Waals surface area contributed by atoms with Crippen molar-refractivity contribution in [1.82, 2.24) is 14.5 Å². The minimum Gasteiger partial charge on any atom is -0.507 e. The van der Waals surface area contributed by atoms with Gasteiger partial charge < -0.3 is 5.11 Å². The Morgan fingerprint density at radius 3 is 1.77 bits per heavy atom. The molecule has 8 aromatic rings. The molecule has 0 saturated heterocycles. The number of fused-ring (bicyclic) bond motifs is 3. The van der Waals surface area contributed by atoms with E-state index < -0.39 is 0 Å². The van der Waals surface area contributed by atoms with Gasteiger partial charge in [-0.3, -0.25) is 9.55 Å². The number of para-hydroxylation sites is 1. The average molecular weight is 1160 g/mol. The van der Waals surface area contributed by atoms with Crippen LogP contribution in [0.25, 0.3) is 72.7 Å². The number of hydrogen-bond acceptors (Lipinski definition) is 3. The summed E-state index contributed by atoms with van der Waals surface area (Å²) in [6.07, 6.45) is 5.21. The number of phenols is 1. The number of rotatable bonds is 6. The van der Waals surface area contributed by atoms with E-state index in [4.69, 9.17) is 9.97 Å². The third-order valence-corrected chi connectivity index (χ3v) is 16.8. The molecule has 2 aliphatic rings. The van der Waals surface area contributed by atoms with Crippen LogP contribution >= 0.6 is 0 Å². The normalized spacial score (nSPS) is 16.7. The Labute approximate surface area is 457 Å². The predicted octanol–water partition coefficient (Wildman–Crippen LogP) is 18.5. The maximum atomic E-state index is 12.9. The second kappa shape index (κ2) is 18.0. The molecule has 0 fully saturated rings. The van der Waals surface area contributed by atoms with Crippen molar-refractivity contribution in [1.29, 1.82) is 0 Å². The zero-order valence-corrected chi connectivity index (χ0v) is 49.5. The predicted molar refractivity (Wildman–Crippen MR) is 309 cm³/mol. The summed E-state index contributed by atoms with van der Waals surface area (Å²) in [5.74, 6) is 0.992. The SMILES string of the molecule is CC(C)(C)c1cc(-c2cc(-c3ccccc3)ccn2)[c-]c(-c2cccc3c2nc(-c2cc(C(C)(C)C)cc(C(C)(C)C)c2O)n3-c2cc3c(cc2-c2ccc4c(c2)C(C)(C)CC4(C)C)C(C)(C)CCC3(C)C)c1.[Pt]. The number of aromatic nitrogens is 3. The molecular weight excluding hydrogens is 1080 g/mol. The van der Waals surface area contributed by atoms with Crippen LogP contribution in [-0.4, -0.2) is 19.6 Å². The van der Waals surface area contributed by atoms with Gasteiger partial charge in [0.05, 0.1) is 22.3 Å². The van der Waals surface area contributed by atoms with Crippen molar-refractivity contribution >= 4 is 11.0 Å². The number of imidazole rings is 1. The maximum Gasteiger partial charge on any atom is 0.148 e. The molecule has 1 N–H and O–H groups in total. The summed E-state index contributed by atoms with van der Waals surface area (Å²) < 4.78 is 2.40. The first-order valence-electron chi connectivity index (χ1n) is 26.8. The molecule has 0 atom stereocenters. The fourth-order valence-corrected chi connectivity index (χ4v) is 12.4. The van der Waals surface area contributed by atoms with Crippen LogP contribution in [0.3, 0.4) is 0 Å². The number of nitrogens with zero attached hydrogens (tertiary/aromatic N) is 3. The Hall–Kier alpha value is -5.57. The second-order valence-electron chi connectivity index (χ2n) is 27.5. The van der Waals surface area contributed by atoms with Crippen molar-refractivity contribution in [3.05, 3.63) is 166 Å². The largest absolute Gasteiger partial charge is 0.507 e. The van der Waals surface area contributed by atoms with E-state index in [1.165, 1.54) is 38.9 Å². The van der Waals surface area contributed by atoms with Crippen LogP contribution in [0.5, 0.6) is 5.75 Å². The van der Waals surface area contributed by atoms with Gasteiger partial charge in [-0.2, -0.15) is 0 Å². The monoisotopic (exact) mass is 1160 g/mol. The van der Waals surface area contributed by atoms with Crippen molar-refractivity contribution in [3.8, 4) is 67.5 Å². The fourth-order valence-electron chi connectivity index (χ4n) is 12.4. The summed E-state index contributed by atoms with van der Waals surface area (Å²) >= 11 is 0. The van der Waals surface area contributed by atoms with Gasteiger partial charge in [0.15, 0.2) is 0 Å². The molecule has 2 aliphatic carbocycles. The van der Waals surface area contributed by atoms with Crippen LogP contribution in [-0.2, 0) is 59.0 Å². The van der Waals surface area contributed by atoms with E-state index in [2.05, 4.69) is 244 Å². The molecule has 6 aromatic carbocycles. The zero-order chi connectivity index (χ0) is 52.6. The van der Waals surface area contributed by atoms with Crippen LogP contribution < -0.4 is 0 Å². The van der Waals surface area contributed by atoms with Gasteiger partial charge in [-0.1, -0.05) is 202 Å². The summed E-state index contributed by atoms with van der Waals surface area (Å²) in [5.41, 5.74) is 20.2. The molecule has 0 aliphatic heterocycles. The molecule has 0 bridgehead atoms. The Kier molecular flexibility index (Phi) is 13.0. The smallest absolute Gasteiger partial charge is 0.148 e. The molecule has 2 heterocycles. The van der Waals surface area contributed by atoms with E-state index >= 15 is 0 Å². The van der Waals surface area contributed by atoms with E-state index in [0.717, 1.165) is 92.0 Å². The van der Waals surface area contributed by atoms with Crippen LogP contribution in [0, 0.1) is 6.07 Å². The molecule has 0 spiro atoms. The van der Waals surface area contributed by atoms with E-state index in [1.807, 2.05) is 6.20 Å². The standard InChI is InChI=1S/C69H78N3O.Pt/c1-63(2,3)47-33-45(32-46(34-47)57-36-43(28-31-70-57)42-22-19-18-20-23-42)49-24-21-25-58-60(49)71-62(51-37-48(64(4,5)6)38-56(61(51)73)65(7,8)9)72(58)59-40-55-54(66(10,11)29-30-67(55,12)13)39-50(59)44-26-27-52-53(35-44)69(16,17)41-68(52,14)15;/h18-28,31,33-40,73H,29-30,41H2,1-17H3;/q-1;. The molecule has 10 rings (SSSR count). The van der Waals surface area contributed by atoms with E-state index in [1.54, 1.807) is 0 Å². The topological polar surface area (TPSA) is 50.9 Å². The summed E-state index contributed by atoms with van der Waals surface area (Å²) in [5, 5.41) is 12.9. The Morgan fingerprint density at radius 2 is 1.12 bits per heavy atom. The Morgan fingerprint density at radius 1 is 0.514 bits per heavy atom. The molecule has 0 radical (unpaired) electrons. The number of pyridine rings is 1. The summed E-state index contributed by atoms with van der Waals surface area (Å²) in [4.78, 5) is 10.8. The first-order valence-corrected chi connectivity index (χ1v) is 26.8.